The minimum atomic E-state index is -0.0320. The lowest BCUT2D eigenvalue weighted by Crippen LogP contribution is -2.35. The highest BCUT2D eigenvalue weighted by Gasteiger charge is 2.22. The molecule has 0 bridgehead atoms. The van der Waals surface area contributed by atoms with Crippen LogP contribution in [-0.4, -0.2) is 41.9 Å². The van der Waals surface area contributed by atoms with Crippen molar-refractivity contribution in [2.75, 3.05) is 26.2 Å². The van der Waals surface area contributed by atoms with E-state index >= 15 is 0 Å². The van der Waals surface area contributed by atoms with Crippen LogP contribution >= 0.6 is 34.5 Å². The summed E-state index contributed by atoms with van der Waals surface area (Å²) < 4.78 is 0. The summed E-state index contributed by atoms with van der Waals surface area (Å²) in [6, 6.07) is 9.27. The highest BCUT2D eigenvalue weighted by atomic mass is 35.5. The van der Waals surface area contributed by atoms with E-state index in [1.54, 1.807) is 29.5 Å². The van der Waals surface area contributed by atoms with E-state index in [0.717, 1.165) is 32.6 Å². The molecule has 1 aromatic carbocycles. The second-order valence-corrected chi connectivity index (χ2v) is 7.50. The van der Waals surface area contributed by atoms with Crippen LogP contribution in [0.3, 0.4) is 0 Å². The van der Waals surface area contributed by atoms with Gasteiger partial charge < -0.3 is 4.90 Å². The lowest BCUT2D eigenvalue weighted by Gasteiger charge is -2.22. The van der Waals surface area contributed by atoms with Crippen molar-refractivity contribution in [2.45, 2.75) is 13.0 Å². The van der Waals surface area contributed by atoms with Gasteiger partial charge in [0.05, 0.1) is 10.6 Å². The molecule has 1 saturated heterocycles. The lowest BCUT2D eigenvalue weighted by molar-refractivity contribution is 0.0761. The van der Waals surface area contributed by atoms with Gasteiger partial charge in [-0.05, 0) is 36.1 Å². The van der Waals surface area contributed by atoms with E-state index in [9.17, 15) is 4.79 Å². The molecule has 1 aliphatic heterocycles. The summed E-state index contributed by atoms with van der Waals surface area (Å²) in [7, 11) is 0. The Morgan fingerprint density at radius 3 is 2.78 bits per heavy atom. The van der Waals surface area contributed by atoms with E-state index in [2.05, 4.69) is 22.4 Å². The summed E-state index contributed by atoms with van der Waals surface area (Å²) in [6.07, 6.45) is 0.968. The quantitative estimate of drug-likeness (QED) is 0.801. The fourth-order valence-electron chi connectivity index (χ4n) is 2.79. The average molecular weight is 369 g/mol. The van der Waals surface area contributed by atoms with Crippen molar-refractivity contribution in [1.29, 1.82) is 0 Å². The van der Waals surface area contributed by atoms with Crippen LogP contribution in [0.4, 0.5) is 0 Å². The Morgan fingerprint density at radius 1 is 1.13 bits per heavy atom. The number of halogens is 2. The Morgan fingerprint density at radius 2 is 2.00 bits per heavy atom. The van der Waals surface area contributed by atoms with Gasteiger partial charge >= 0.3 is 0 Å². The van der Waals surface area contributed by atoms with Crippen LogP contribution in [0.2, 0.25) is 10.0 Å². The molecule has 3 nitrogen and oxygen atoms in total. The number of thiophene rings is 1. The molecular formula is C17H18Cl2N2OS. The van der Waals surface area contributed by atoms with E-state index in [1.807, 2.05) is 4.90 Å². The fourth-order valence-corrected chi connectivity index (χ4v) is 3.90. The maximum Gasteiger partial charge on any atom is 0.255 e. The number of rotatable bonds is 3. The molecule has 2 heterocycles. The number of hydrogen-bond acceptors (Lipinski definition) is 3. The predicted octanol–water partition coefficient (Wildman–Crippen LogP) is 4.40. The van der Waals surface area contributed by atoms with E-state index in [-0.39, 0.29) is 5.91 Å². The van der Waals surface area contributed by atoms with Gasteiger partial charge in [-0.2, -0.15) is 0 Å². The number of benzene rings is 1. The highest BCUT2D eigenvalue weighted by molar-refractivity contribution is 7.09. The molecule has 0 unspecified atom stereocenters. The molecule has 1 fully saturated rings. The van der Waals surface area contributed by atoms with E-state index in [0.29, 0.717) is 22.2 Å². The molecular weight excluding hydrogens is 351 g/mol. The summed E-state index contributed by atoms with van der Waals surface area (Å²) in [6.45, 7) is 4.31. The third-order valence-electron chi connectivity index (χ3n) is 3.99. The zero-order chi connectivity index (χ0) is 16.2. The summed E-state index contributed by atoms with van der Waals surface area (Å²) in [5.74, 6) is -0.0320. The third kappa shape index (κ3) is 4.27. The van der Waals surface area contributed by atoms with Gasteiger partial charge in [-0.15, -0.1) is 11.3 Å². The van der Waals surface area contributed by atoms with Crippen LogP contribution in [0.5, 0.6) is 0 Å². The van der Waals surface area contributed by atoms with Crippen molar-refractivity contribution in [3.63, 3.8) is 0 Å². The van der Waals surface area contributed by atoms with Crippen LogP contribution < -0.4 is 0 Å². The second-order valence-electron chi connectivity index (χ2n) is 5.63. The first-order valence-corrected chi connectivity index (χ1v) is 9.26. The van der Waals surface area contributed by atoms with Crippen molar-refractivity contribution in [3.05, 3.63) is 56.2 Å². The zero-order valence-electron chi connectivity index (χ0n) is 12.7. The smallest absolute Gasteiger partial charge is 0.255 e. The predicted molar refractivity (Wildman–Crippen MR) is 96.6 cm³/mol. The minimum absolute atomic E-state index is 0.0320. The second kappa shape index (κ2) is 7.67. The van der Waals surface area contributed by atoms with Crippen LogP contribution in [-0.2, 0) is 6.54 Å². The summed E-state index contributed by atoms with van der Waals surface area (Å²) >= 11 is 13.9. The largest absolute Gasteiger partial charge is 0.337 e. The van der Waals surface area contributed by atoms with Crippen molar-refractivity contribution >= 4 is 40.4 Å². The normalized spacial score (nSPS) is 16.3. The number of carbonyl (C=O) groups excluding carboxylic acids is 1. The molecule has 0 radical (unpaired) electrons. The van der Waals surface area contributed by atoms with E-state index < -0.39 is 0 Å². The van der Waals surface area contributed by atoms with Gasteiger partial charge in [-0.3, -0.25) is 9.69 Å². The molecule has 1 aliphatic rings. The Kier molecular flexibility index (Phi) is 5.59. The van der Waals surface area contributed by atoms with Gasteiger partial charge in [0.25, 0.3) is 5.91 Å². The minimum Gasteiger partial charge on any atom is -0.337 e. The van der Waals surface area contributed by atoms with Gasteiger partial charge in [-0.25, -0.2) is 0 Å². The molecule has 2 aromatic rings. The Hall–Kier alpha value is -1.07. The monoisotopic (exact) mass is 368 g/mol. The van der Waals surface area contributed by atoms with E-state index in [1.165, 1.54) is 4.88 Å². The fraction of sp³-hybridized carbons (Fsp3) is 0.353. The standard InChI is InChI=1S/C17H18Cl2N2OS/c18-13-4-5-16(19)15(11-13)17(22)21-7-2-6-20(8-9-21)12-14-3-1-10-23-14/h1,3-5,10-11H,2,6-9,12H2. The SMILES string of the molecule is O=C(c1cc(Cl)ccc1Cl)N1CCCN(Cc2cccs2)CC1. The first-order chi connectivity index (χ1) is 11.1. The maximum absolute atomic E-state index is 12.7. The van der Waals surface area contributed by atoms with Gasteiger partial charge in [0.2, 0.25) is 0 Å². The van der Waals surface area contributed by atoms with Gasteiger partial charge in [0.1, 0.15) is 0 Å². The Bertz CT molecular complexity index is 675. The van der Waals surface area contributed by atoms with Crippen LogP contribution in [0.25, 0.3) is 0 Å². The molecule has 0 N–H and O–H groups in total. The molecule has 1 aromatic heterocycles. The molecule has 6 heteroatoms. The van der Waals surface area contributed by atoms with Crippen LogP contribution in [0, 0.1) is 0 Å². The Balaban J connectivity index is 1.65. The molecule has 0 atom stereocenters. The molecule has 23 heavy (non-hydrogen) atoms. The molecule has 0 aliphatic carbocycles. The van der Waals surface area contributed by atoms with Gasteiger partial charge in [-0.1, -0.05) is 29.3 Å². The van der Waals surface area contributed by atoms with Crippen molar-refractivity contribution in [3.8, 4) is 0 Å². The summed E-state index contributed by atoms with van der Waals surface area (Å²) in [4.78, 5) is 18.4. The number of nitrogens with zero attached hydrogens (tertiary/aromatic N) is 2. The number of amides is 1. The van der Waals surface area contributed by atoms with Gasteiger partial charge in [0, 0.05) is 42.6 Å². The summed E-state index contributed by atoms with van der Waals surface area (Å²) in [5.41, 5.74) is 0.492. The van der Waals surface area contributed by atoms with Gasteiger partial charge in [0.15, 0.2) is 0 Å². The molecule has 0 saturated carbocycles. The highest BCUT2D eigenvalue weighted by Crippen LogP contribution is 2.23. The first-order valence-electron chi connectivity index (χ1n) is 7.62. The molecule has 1 amide bonds. The molecule has 0 spiro atoms. The zero-order valence-corrected chi connectivity index (χ0v) is 15.0. The van der Waals surface area contributed by atoms with Crippen molar-refractivity contribution < 1.29 is 4.79 Å². The van der Waals surface area contributed by atoms with Crippen LogP contribution in [0.15, 0.2) is 35.7 Å². The maximum atomic E-state index is 12.7. The topological polar surface area (TPSA) is 23.6 Å². The first kappa shape index (κ1) is 16.8. The van der Waals surface area contributed by atoms with Crippen molar-refractivity contribution in [1.82, 2.24) is 9.80 Å². The third-order valence-corrected chi connectivity index (χ3v) is 5.42. The molecule has 122 valence electrons. The molecule has 3 rings (SSSR count). The van der Waals surface area contributed by atoms with E-state index in [4.69, 9.17) is 23.2 Å². The lowest BCUT2D eigenvalue weighted by atomic mass is 10.2. The average Bonchev–Trinajstić information content (AvgIpc) is 2.94. The Labute approximate surface area is 150 Å². The van der Waals surface area contributed by atoms with Crippen LogP contribution in [0.1, 0.15) is 21.7 Å². The number of hydrogen-bond donors (Lipinski definition) is 0. The number of carbonyl (C=O) groups is 1. The van der Waals surface area contributed by atoms with Crippen molar-refractivity contribution in [2.24, 2.45) is 0 Å². The summed E-state index contributed by atoms with van der Waals surface area (Å²) in [5, 5.41) is 3.09.